The number of nitrogens with zero attached hydrogens (tertiary/aromatic N) is 1. The Morgan fingerprint density at radius 1 is 1.39 bits per heavy atom. The van der Waals surface area contributed by atoms with Crippen molar-refractivity contribution in [3.05, 3.63) is 34.3 Å². The summed E-state index contributed by atoms with van der Waals surface area (Å²) in [5.41, 5.74) is 1.81. The molecule has 3 rings (SSSR count). The Labute approximate surface area is 112 Å². The Morgan fingerprint density at radius 3 is 2.61 bits per heavy atom. The van der Waals surface area contributed by atoms with E-state index < -0.39 is 0 Å². The van der Waals surface area contributed by atoms with Crippen LogP contribution in [-0.2, 0) is 4.74 Å². The third-order valence-electron chi connectivity index (χ3n) is 3.93. The number of carbonyl (C=O) groups excluding carboxylic acids is 1. The van der Waals surface area contributed by atoms with Gasteiger partial charge in [0.1, 0.15) is 0 Å². The van der Waals surface area contributed by atoms with Crippen LogP contribution in [0.1, 0.15) is 28.8 Å². The van der Waals surface area contributed by atoms with Gasteiger partial charge in [0, 0.05) is 23.7 Å². The minimum Gasteiger partial charge on any atom is -0.369 e. The molecule has 0 bridgehead atoms. The van der Waals surface area contributed by atoms with Crippen molar-refractivity contribution in [1.29, 1.82) is 0 Å². The Morgan fingerprint density at radius 2 is 2.06 bits per heavy atom. The van der Waals surface area contributed by atoms with Crippen molar-refractivity contribution in [2.45, 2.75) is 25.4 Å². The Kier molecular flexibility index (Phi) is 2.83. The molecule has 1 spiro atoms. The van der Waals surface area contributed by atoms with E-state index in [0.29, 0.717) is 5.02 Å². The van der Waals surface area contributed by atoms with Gasteiger partial charge in [-0.05, 0) is 43.5 Å². The van der Waals surface area contributed by atoms with Crippen LogP contribution in [-0.4, -0.2) is 36.1 Å². The topological polar surface area (TPSA) is 32.8 Å². The molecule has 1 amide bonds. The van der Waals surface area contributed by atoms with E-state index in [1.165, 1.54) is 0 Å². The number of hydrogen-bond donors (Lipinski definition) is 0. The van der Waals surface area contributed by atoms with Crippen LogP contribution >= 0.6 is 11.6 Å². The zero-order valence-corrected chi connectivity index (χ0v) is 11.2. The molecule has 0 radical (unpaired) electrons. The lowest BCUT2D eigenvalue weighted by atomic mass is 9.97. The van der Waals surface area contributed by atoms with Gasteiger partial charge in [-0.15, -0.1) is 0 Å². The van der Waals surface area contributed by atoms with Crippen LogP contribution < -0.4 is 0 Å². The number of epoxide rings is 1. The van der Waals surface area contributed by atoms with Gasteiger partial charge in [0.15, 0.2) is 0 Å². The maximum Gasteiger partial charge on any atom is 0.254 e. The predicted molar refractivity (Wildman–Crippen MR) is 70.0 cm³/mol. The molecule has 0 N–H and O–H groups in total. The van der Waals surface area contributed by atoms with E-state index >= 15 is 0 Å². The highest BCUT2D eigenvalue weighted by Crippen LogP contribution is 2.38. The fraction of sp³-hybridized carbons (Fsp3) is 0.500. The smallest absolute Gasteiger partial charge is 0.254 e. The van der Waals surface area contributed by atoms with Gasteiger partial charge in [-0.2, -0.15) is 0 Å². The first kappa shape index (κ1) is 12.0. The summed E-state index contributed by atoms with van der Waals surface area (Å²) in [4.78, 5) is 14.3. The minimum atomic E-state index is 0.111. The van der Waals surface area contributed by atoms with Crippen LogP contribution in [0.4, 0.5) is 0 Å². The number of hydrogen-bond acceptors (Lipinski definition) is 2. The van der Waals surface area contributed by atoms with Crippen molar-refractivity contribution in [3.63, 3.8) is 0 Å². The number of carbonyl (C=O) groups is 1. The van der Waals surface area contributed by atoms with E-state index in [9.17, 15) is 4.79 Å². The molecule has 4 heteroatoms. The second kappa shape index (κ2) is 4.25. The van der Waals surface area contributed by atoms with Gasteiger partial charge in [0.2, 0.25) is 0 Å². The van der Waals surface area contributed by atoms with Gasteiger partial charge in [-0.25, -0.2) is 0 Å². The first-order valence-electron chi connectivity index (χ1n) is 6.29. The van der Waals surface area contributed by atoms with E-state index in [-0.39, 0.29) is 11.5 Å². The zero-order valence-electron chi connectivity index (χ0n) is 10.4. The number of ether oxygens (including phenoxy) is 1. The highest BCUT2D eigenvalue weighted by molar-refractivity contribution is 6.30. The predicted octanol–water partition coefficient (Wildman–Crippen LogP) is 2.65. The molecular formula is C14H16ClNO2. The van der Waals surface area contributed by atoms with E-state index in [1.54, 1.807) is 6.07 Å². The Bertz CT molecular complexity index is 487. The largest absolute Gasteiger partial charge is 0.369 e. The lowest BCUT2D eigenvalue weighted by Gasteiger charge is -2.30. The van der Waals surface area contributed by atoms with Gasteiger partial charge >= 0.3 is 0 Å². The second-order valence-corrected chi connectivity index (χ2v) is 5.66. The molecule has 2 aliphatic heterocycles. The van der Waals surface area contributed by atoms with E-state index in [0.717, 1.165) is 43.7 Å². The Balaban J connectivity index is 1.74. The molecule has 1 aromatic rings. The number of piperidine rings is 1. The van der Waals surface area contributed by atoms with E-state index in [4.69, 9.17) is 16.3 Å². The fourth-order valence-electron chi connectivity index (χ4n) is 2.55. The molecule has 3 nitrogen and oxygen atoms in total. The quantitative estimate of drug-likeness (QED) is 0.732. The van der Waals surface area contributed by atoms with Crippen LogP contribution in [0.3, 0.4) is 0 Å². The average Bonchev–Trinajstić information content (AvgIpc) is 3.09. The highest BCUT2D eigenvalue weighted by atomic mass is 35.5. The molecule has 18 heavy (non-hydrogen) atoms. The maximum absolute atomic E-state index is 12.4. The third-order valence-corrected chi connectivity index (χ3v) is 4.17. The summed E-state index contributed by atoms with van der Waals surface area (Å²) in [6.45, 7) is 4.38. The normalized spacial score (nSPS) is 21.1. The summed E-state index contributed by atoms with van der Waals surface area (Å²) in [7, 11) is 0. The van der Waals surface area contributed by atoms with Crippen LogP contribution in [0.5, 0.6) is 0 Å². The molecule has 2 saturated heterocycles. The lowest BCUT2D eigenvalue weighted by molar-refractivity contribution is 0.0662. The standard InChI is InChI=1S/C14H16ClNO2/c1-10-8-11(15)2-3-12(10)13(17)16-6-4-14(5-7-16)9-18-14/h2-3,8H,4-7,9H2,1H3. The molecule has 1 aromatic carbocycles. The minimum absolute atomic E-state index is 0.111. The number of likely N-dealkylation sites (tertiary alicyclic amines) is 1. The van der Waals surface area contributed by atoms with Gasteiger partial charge in [0.25, 0.3) is 5.91 Å². The number of benzene rings is 1. The summed E-state index contributed by atoms with van der Waals surface area (Å²) >= 11 is 5.91. The molecule has 2 heterocycles. The summed E-state index contributed by atoms with van der Waals surface area (Å²) < 4.78 is 5.45. The van der Waals surface area contributed by atoms with Crippen LogP contribution in [0, 0.1) is 6.92 Å². The summed E-state index contributed by atoms with van der Waals surface area (Å²) in [5, 5.41) is 0.674. The molecule has 0 unspecified atom stereocenters. The summed E-state index contributed by atoms with van der Waals surface area (Å²) in [6, 6.07) is 5.43. The van der Waals surface area contributed by atoms with E-state index in [1.807, 2.05) is 24.0 Å². The molecule has 2 aliphatic rings. The molecule has 0 aromatic heterocycles. The van der Waals surface area contributed by atoms with Gasteiger partial charge in [0.05, 0.1) is 12.2 Å². The molecule has 0 aliphatic carbocycles. The number of amides is 1. The van der Waals surface area contributed by atoms with Gasteiger partial charge < -0.3 is 9.64 Å². The van der Waals surface area contributed by atoms with Crippen molar-refractivity contribution >= 4 is 17.5 Å². The zero-order chi connectivity index (χ0) is 12.8. The SMILES string of the molecule is Cc1cc(Cl)ccc1C(=O)N1CCC2(CC1)CO2. The van der Waals surface area contributed by atoms with Gasteiger partial charge in [-0.3, -0.25) is 4.79 Å². The van der Waals surface area contributed by atoms with E-state index in [2.05, 4.69) is 0 Å². The summed E-state index contributed by atoms with van der Waals surface area (Å²) in [5.74, 6) is 0.111. The Hall–Kier alpha value is -1.06. The fourth-order valence-corrected chi connectivity index (χ4v) is 2.77. The molecule has 96 valence electrons. The van der Waals surface area contributed by atoms with Crippen LogP contribution in [0.15, 0.2) is 18.2 Å². The lowest BCUT2D eigenvalue weighted by Crippen LogP contribution is -2.41. The molecule has 0 atom stereocenters. The van der Waals surface area contributed by atoms with Crippen molar-refractivity contribution < 1.29 is 9.53 Å². The third kappa shape index (κ3) is 2.13. The second-order valence-electron chi connectivity index (χ2n) is 5.22. The molecule has 2 fully saturated rings. The number of halogens is 1. The van der Waals surface area contributed by atoms with Crippen LogP contribution in [0.2, 0.25) is 5.02 Å². The van der Waals surface area contributed by atoms with Gasteiger partial charge in [-0.1, -0.05) is 11.6 Å². The van der Waals surface area contributed by atoms with Crippen molar-refractivity contribution in [2.75, 3.05) is 19.7 Å². The maximum atomic E-state index is 12.4. The van der Waals surface area contributed by atoms with Crippen LogP contribution in [0.25, 0.3) is 0 Å². The monoisotopic (exact) mass is 265 g/mol. The first-order chi connectivity index (χ1) is 8.60. The molecular weight excluding hydrogens is 250 g/mol. The summed E-state index contributed by atoms with van der Waals surface area (Å²) in [6.07, 6.45) is 1.93. The number of rotatable bonds is 1. The first-order valence-corrected chi connectivity index (χ1v) is 6.67. The van der Waals surface area contributed by atoms with Crippen molar-refractivity contribution in [2.24, 2.45) is 0 Å². The average molecular weight is 266 g/mol. The van der Waals surface area contributed by atoms with Crippen molar-refractivity contribution in [3.8, 4) is 0 Å². The highest BCUT2D eigenvalue weighted by Gasteiger charge is 2.47. The molecule has 0 saturated carbocycles. The van der Waals surface area contributed by atoms with Crippen molar-refractivity contribution in [1.82, 2.24) is 4.90 Å². The number of aryl methyl sites for hydroxylation is 1.